The second kappa shape index (κ2) is 10.9. The van der Waals surface area contributed by atoms with E-state index in [0.717, 1.165) is 0 Å². The first-order chi connectivity index (χ1) is 12.2. The Morgan fingerprint density at radius 1 is 1.07 bits per heavy atom. The van der Waals surface area contributed by atoms with E-state index in [1.807, 2.05) is 0 Å². The molecule has 0 aliphatic rings. The molecule has 0 aromatic carbocycles. The Labute approximate surface area is 154 Å². The maximum Gasteiger partial charge on any atom is 0.469 e. The second-order valence-electron chi connectivity index (χ2n) is 5.95. The van der Waals surface area contributed by atoms with Crippen LogP contribution in [0.4, 0.5) is 0 Å². The number of carboxylic acids is 2. The third kappa shape index (κ3) is 10.6. The van der Waals surface area contributed by atoms with Crippen LogP contribution in [-0.2, 0) is 28.3 Å². The van der Waals surface area contributed by atoms with Gasteiger partial charge in [-0.05, 0) is 12.3 Å². The number of carbonyl (C=O) groups excluding carboxylic acids is 2. The van der Waals surface area contributed by atoms with Crippen LogP contribution in [0, 0.1) is 5.92 Å². The Morgan fingerprint density at radius 2 is 1.63 bits per heavy atom. The maximum absolute atomic E-state index is 12.3. The van der Waals surface area contributed by atoms with Crippen LogP contribution in [0.25, 0.3) is 0 Å². The van der Waals surface area contributed by atoms with E-state index in [1.165, 1.54) is 0 Å². The molecule has 0 spiro atoms. The van der Waals surface area contributed by atoms with E-state index in [0.29, 0.717) is 0 Å². The number of carbonyl (C=O) groups is 4. The minimum absolute atomic E-state index is 0.356. The average Bonchev–Trinajstić information content (AvgIpc) is 2.51. The van der Waals surface area contributed by atoms with Gasteiger partial charge in [-0.1, -0.05) is 13.8 Å². The first kappa shape index (κ1) is 24.9. The van der Waals surface area contributed by atoms with Gasteiger partial charge >= 0.3 is 19.8 Å². The minimum Gasteiger partial charge on any atom is -0.481 e. The van der Waals surface area contributed by atoms with Gasteiger partial charge in [0.1, 0.15) is 18.1 Å². The number of rotatable bonds is 12. The first-order valence-electron chi connectivity index (χ1n) is 7.75. The fourth-order valence-corrected chi connectivity index (χ4v) is 2.19. The summed E-state index contributed by atoms with van der Waals surface area (Å²) in [7, 11) is -4.83. The molecular formula is C13H24N3O10P. The molecule has 0 saturated heterocycles. The van der Waals surface area contributed by atoms with E-state index in [1.54, 1.807) is 13.8 Å². The third-order valence-electron chi connectivity index (χ3n) is 3.27. The Morgan fingerprint density at radius 3 is 2.04 bits per heavy atom. The highest BCUT2D eigenvalue weighted by molar-refractivity contribution is 7.46. The lowest BCUT2D eigenvalue weighted by Crippen LogP contribution is -2.57. The van der Waals surface area contributed by atoms with Gasteiger partial charge in [0.05, 0.1) is 6.61 Å². The summed E-state index contributed by atoms with van der Waals surface area (Å²) < 4.78 is 14.7. The molecule has 0 unspecified atom stereocenters. The van der Waals surface area contributed by atoms with Gasteiger partial charge in [0, 0.05) is 6.42 Å². The lowest BCUT2D eigenvalue weighted by Gasteiger charge is -2.25. The van der Waals surface area contributed by atoms with Crippen molar-refractivity contribution in [2.45, 2.75) is 44.8 Å². The van der Waals surface area contributed by atoms with Crippen LogP contribution in [0.3, 0.4) is 0 Å². The van der Waals surface area contributed by atoms with Gasteiger partial charge in [-0.2, -0.15) is 0 Å². The number of hydrogen-bond donors (Lipinski definition) is 7. The van der Waals surface area contributed by atoms with Crippen molar-refractivity contribution in [1.82, 2.24) is 10.6 Å². The molecule has 0 heterocycles. The van der Waals surface area contributed by atoms with E-state index in [2.05, 4.69) is 15.2 Å². The third-order valence-corrected chi connectivity index (χ3v) is 3.75. The molecule has 8 N–H and O–H groups in total. The summed E-state index contributed by atoms with van der Waals surface area (Å²) >= 11 is 0. The summed E-state index contributed by atoms with van der Waals surface area (Å²) in [6, 6.07) is -4.18. The van der Waals surface area contributed by atoms with Gasteiger partial charge in [0.25, 0.3) is 0 Å². The largest absolute Gasteiger partial charge is 0.481 e. The smallest absolute Gasteiger partial charge is 0.469 e. The zero-order valence-electron chi connectivity index (χ0n) is 14.7. The molecule has 2 amide bonds. The molecular weight excluding hydrogens is 389 g/mol. The lowest BCUT2D eigenvalue weighted by atomic mass is 10.0. The standard InChI is InChI=1S/C13H24N3O10P/c1-6(2)10(16-11(19)7(14)5-26-27(23,24)25)12(20)15-8(13(21)22)3-4-9(17)18/h6-8,10H,3-5,14H2,1-2H3,(H,15,20)(H,16,19)(H,17,18)(H,21,22)(H2,23,24,25)/t7-,8-,10-/m0/s1. The summed E-state index contributed by atoms with van der Waals surface area (Å²) in [5.74, 6) is -5.00. The van der Waals surface area contributed by atoms with Gasteiger partial charge in [0.2, 0.25) is 11.8 Å². The highest BCUT2D eigenvalue weighted by Gasteiger charge is 2.30. The topological polar surface area (TPSA) is 226 Å². The predicted molar refractivity (Wildman–Crippen MR) is 89.2 cm³/mol. The number of nitrogens with one attached hydrogen (secondary N) is 2. The molecule has 14 heteroatoms. The molecule has 0 saturated carbocycles. The van der Waals surface area contributed by atoms with Crippen molar-refractivity contribution in [3.8, 4) is 0 Å². The highest BCUT2D eigenvalue weighted by Crippen LogP contribution is 2.35. The van der Waals surface area contributed by atoms with E-state index in [4.69, 9.17) is 25.7 Å². The van der Waals surface area contributed by atoms with E-state index in [-0.39, 0.29) is 6.42 Å². The SMILES string of the molecule is CC(C)[C@H](NC(=O)[C@@H](N)COP(=O)(O)O)C(=O)N[C@@H](CCC(=O)O)C(=O)O. The van der Waals surface area contributed by atoms with Crippen LogP contribution in [0.15, 0.2) is 0 Å². The Hall–Kier alpha value is -2.05. The predicted octanol–water partition coefficient (Wildman–Crippen LogP) is -2.00. The molecule has 0 aliphatic carbocycles. The van der Waals surface area contributed by atoms with Crippen molar-refractivity contribution in [1.29, 1.82) is 0 Å². The molecule has 0 aromatic heterocycles. The van der Waals surface area contributed by atoms with Crippen LogP contribution in [0.5, 0.6) is 0 Å². The van der Waals surface area contributed by atoms with Crippen molar-refractivity contribution in [3.63, 3.8) is 0 Å². The molecule has 0 fully saturated rings. The first-order valence-corrected chi connectivity index (χ1v) is 9.28. The molecule has 0 radical (unpaired) electrons. The molecule has 3 atom stereocenters. The van der Waals surface area contributed by atoms with E-state index < -0.39 is 68.6 Å². The number of hydrogen-bond acceptors (Lipinski definition) is 7. The van der Waals surface area contributed by atoms with Crippen LogP contribution in [0.2, 0.25) is 0 Å². The van der Waals surface area contributed by atoms with Gasteiger partial charge < -0.3 is 36.4 Å². The molecule has 156 valence electrons. The number of phosphoric ester groups is 1. The number of nitrogens with two attached hydrogens (primary N) is 1. The van der Waals surface area contributed by atoms with E-state index in [9.17, 15) is 23.7 Å². The number of carboxylic acid groups (broad SMARTS) is 2. The van der Waals surface area contributed by atoms with Crippen molar-refractivity contribution < 1.29 is 48.3 Å². The van der Waals surface area contributed by atoms with Gasteiger partial charge in [-0.3, -0.25) is 18.9 Å². The Balaban J connectivity index is 4.96. The summed E-state index contributed by atoms with van der Waals surface area (Å²) in [5.41, 5.74) is 5.43. The van der Waals surface area contributed by atoms with Crippen LogP contribution >= 0.6 is 7.82 Å². The van der Waals surface area contributed by atoms with Crippen LogP contribution < -0.4 is 16.4 Å². The normalized spacial score (nSPS) is 14.9. The summed E-state index contributed by atoms with van der Waals surface area (Å²) in [5, 5.41) is 22.1. The highest BCUT2D eigenvalue weighted by atomic mass is 31.2. The van der Waals surface area contributed by atoms with Crippen LogP contribution in [-0.4, -0.2) is 68.5 Å². The maximum atomic E-state index is 12.3. The Bertz CT molecular complexity index is 605. The number of aliphatic carboxylic acids is 2. The van der Waals surface area contributed by atoms with Gasteiger partial charge in [-0.25, -0.2) is 9.36 Å². The van der Waals surface area contributed by atoms with Crippen molar-refractivity contribution >= 4 is 31.6 Å². The summed E-state index contributed by atoms with van der Waals surface area (Å²) in [6.45, 7) is 2.29. The number of phosphoric acid groups is 1. The summed E-state index contributed by atoms with van der Waals surface area (Å²) in [6.07, 6.45) is -0.842. The molecule has 13 nitrogen and oxygen atoms in total. The lowest BCUT2D eigenvalue weighted by molar-refractivity contribution is -0.143. The number of amides is 2. The molecule has 27 heavy (non-hydrogen) atoms. The zero-order valence-corrected chi connectivity index (χ0v) is 15.6. The Kier molecular flexibility index (Phi) is 10.1. The molecule has 0 rings (SSSR count). The fraction of sp³-hybridized carbons (Fsp3) is 0.692. The second-order valence-corrected chi connectivity index (χ2v) is 7.19. The quantitative estimate of drug-likeness (QED) is 0.173. The minimum atomic E-state index is -4.83. The fourth-order valence-electron chi connectivity index (χ4n) is 1.84. The van der Waals surface area contributed by atoms with Gasteiger partial charge in [0.15, 0.2) is 0 Å². The van der Waals surface area contributed by atoms with Crippen molar-refractivity contribution in [3.05, 3.63) is 0 Å². The monoisotopic (exact) mass is 413 g/mol. The molecule has 0 bridgehead atoms. The van der Waals surface area contributed by atoms with Crippen molar-refractivity contribution in [2.75, 3.05) is 6.61 Å². The van der Waals surface area contributed by atoms with Crippen LogP contribution in [0.1, 0.15) is 26.7 Å². The summed E-state index contributed by atoms with van der Waals surface area (Å²) in [4.78, 5) is 63.1. The molecule has 0 aromatic rings. The zero-order chi connectivity index (χ0) is 21.4. The van der Waals surface area contributed by atoms with Gasteiger partial charge in [-0.15, -0.1) is 0 Å². The molecule has 0 aliphatic heterocycles. The van der Waals surface area contributed by atoms with Crippen molar-refractivity contribution in [2.24, 2.45) is 11.7 Å². The van der Waals surface area contributed by atoms with E-state index >= 15 is 0 Å². The average molecular weight is 413 g/mol.